The summed E-state index contributed by atoms with van der Waals surface area (Å²) < 4.78 is 12.8. The van der Waals surface area contributed by atoms with Gasteiger partial charge in [0.15, 0.2) is 0 Å². The van der Waals surface area contributed by atoms with Crippen LogP contribution in [0, 0.1) is 5.82 Å². The summed E-state index contributed by atoms with van der Waals surface area (Å²) in [7, 11) is 0. The van der Waals surface area contributed by atoms with Gasteiger partial charge in [-0.3, -0.25) is 9.78 Å². The van der Waals surface area contributed by atoms with Gasteiger partial charge >= 0.3 is 0 Å². The minimum atomic E-state index is -1.37. The average Bonchev–Trinajstić information content (AvgIpc) is 2.54. The highest BCUT2D eigenvalue weighted by atomic mass is 19.1. The molecule has 1 atom stereocenters. The van der Waals surface area contributed by atoms with E-state index in [0.717, 1.165) is 5.56 Å². The second kappa shape index (κ2) is 8.00. The Balaban J connectivity index is 1.89. The number of hydrogen-bond donors (Lipinski definition) is 2. The number of halogens is 1. The Kier molecular flexibility index (Phi) is 5.76. The van der Waals surface area contributed by atoms with E-state index in [1.54, 1.807) is 24.5 Å². The van der Waals surface area contributed by atoms with Gasteiger partial charge in [0.1, 0.15) is 5.82 Å². The quantitative estimate of drug-likeness (QED) is 0.774. The molecule has 6 nitrogen and oxygen atoms in total. The molecule has 0 aliphatic heterocycles. The van der Waals surface area contributed by atoms with Crippen molar-refractivity contribution in [2.45, 2.75) is 19.0 Å². The summed E-state index contributed by atoms with van der Waals surface area (Å²) in [6, 6.07) is 7.56. The topological polar surface area (TPSA) is 94.2 Å². The lowest BCUT2D eigenvalue weighted by atomic mass is 10.1. The fraction of sp³-hybridized carbons (Fsp3) is 0.188. The molecule has 2 aromatic rings. The summed E-state index contributed by atoms with van der Waals surface area (Å²) >= 11 is 0. The monoisotopic (exact) mass is 316 g/mol. The van der Waals surface area contributed by atoms with E-state index in [-0.39, 0.29) is 13.0 Å². The van der Waals surface area contributed by atoms with Gasteiger partial charge in [-0.05, 0) is 35.9 Å². The molecule has 120 valence electrons. The molecule has 1 unspecified atom stereocenters. The molecule has 1 amide bonds. The lowest BCUT2D eigenvalue weighted by molar-refractivity contribution is -0.308. The average molecular weight is 316 g/mol. The van der Waals surface area contributed by atoms with Gasteiger partial charge in [-0.15, -0.1) is 0 Å². The Morgan fingerprint density at radius 2 is 1.96 bits per heavy atom. The number of aliphatic carboxylic acids is 1. The molecule has 1 heterocycles. The van der Waals surface area contributed by atoms with E-state index in [4.69, 9.17) is 0 Å². The summed E-state index contributed by atoms with van der Waals surface area (Å²) in [5, 5.41) is 16.4. The van der Waals surface area contributed by atoms with Crippen molar-refractivity contribution < 1.29 is 19.1 Å². The molecule has 0 aliphatic carbocycles. The van der Waals surface area contributed by atoms with Crippen LogP contribution in [-0.4, -0.2) is 22.9 Å². The molecule has 0 radical (unpaired) electrons. The first kappa shape index (κ1) is 16.6. The lowest BCUT2D eigenvalue weighted by Gasteiger charge is -2.19. The third-order valence-corrected chi connectivity index (χ3v) is 3.08. The molecule has 2 rings (SSSR count). The molecule has 7 heteroatoms. The molecule has 0 saturated carbocycles. The zero-order chi connectivity index (χ0) is 16.7. The summed E-state index contributed by atoms with van der Waals surface area (Å²) in [6.07, 6.45) is 2.90. The van der Waals surface area contributed by atoms with Crippen molar-refractivity contribution in [2.24, 2.45) is 0 Å². The van der Waals surface area contributed by atoms with Crippen molar-refractivity contribution in [3.8, 4) is 0 Å². The van der Waals surface area contributed by atoms with Crippen LogP contribution in [0.25, 0.3) is 0 Å². The molecule has 0 saturated heterocycles. The molecule has 0 bridgehead atoms. The Morgan fingerprint density at radius 3 is 2.57 bits per heavy atom. The van der Waals surface area contributed by atoms with E-state index >= 15 is 0 Å². The number of carbonyl (C=O) groups is 2. The molecule has 0 aliphatic rings. The number of carbonyl (C=O) groups excluding carboxylic acids is 2. The zero-order valence-corrected chi connectivity index (χ0v) is 12.2. The summed E-state index contributed by atoms with van der Waals surface area (Å²) in [5.74, 6) is -2.30. The van der Waals surface area contributed by atoms with Gasteiger partial charge in [0.05, 0.1) is 12.0 Å². The van der Waals surface area contributed by atoms with Crippen LogP contribution < -0.4 is 15.7 Å². The van der Waals surface area contributed by atoms with Crippen molar-refractivity contribution in [1.82, 2.24) is 10.3 Å². The zero-order valence-electron chi connectivity index (χ0n) is 12.2. The van der Waals surface area contributed by atoms with Crippen LogP contribution in [0.1, 0.15) is 12.0 Å². The second-order valence-corrected chi connectivity index (χ2v) is 4.87. The molecule has 1 aromatic heterocycles. The Hall–Kier alpha value is -2.80. The second-order valence-electron chi connectivity index (χ2n) is 4.87. The normalized spacial score (nSPS) is 11.7. The predicted octanol–water partition coefficient (Wildman–Crippen LogP) is 0.458. The van der Waals surface area contributed by atoms with Crippen LogP contribution in [0.3, 0.4) is 0 Å². The molecule has 1 aromatic carbocycles. The number of anilines is 1. The number of carboxylic acid groups (broad SMARTS) is 1. The van der Waals surface area contributed by atoms with Crippen LogP contribution in [-0.2, 0) is 16.1 Å². The fourth-order valence-electron chi connectivity index (χ4n) is 1.91. The number of benzene rings is 1. The maximum Gasteiger partial charge on any atom is 0.226 e. The maximum absolute atomic E-state index is 12.8. The number of pyridine rings is 1. The Labute approximate surface area is 132 Å². The van der Waals surface area contributed by atoms with Crippen LogP contribution in [0.5, 0.6) is 0 Å². The van der Waals surface area contributed by atoms with Crippen molar-refractivity contribution in [2.75, 3.05) is 5.32 Å². The van der Waals surface area contributed by atoms with Crippen molar-refractivity contribution in [3.05, 3.63) is 60.2 Å². The minimum absolute atomic E-state index is 0.246. The van der Waals surface area contributed by atoms with Crippen LogP contribution in [0.2, 0.25) is 0 Å². The lowest BCUT2D eigenvalue weighted by Crippen LogP contribution is -2.47. The van der Waals surface area contributed by atoms with Gasteiger partial charge < -0.3 is 20.5 Å². The highest BCUT2D eigenvalue weighted by Gasteiger charge is 2.15. The molecule has 2 N–H and O–H groups in total. The first-order valence-electron chi connectivity index (χ1n) is 6.93. The first-order chi connectivity index (χ1) is 11.0. The molecule has 23 heavy (non-hydrogen) atoms. The number of nitrogens with one attached hydrogen (secondary N) is 2. The standard InChI is InChI=1S/C16H16FN3O3/c17-12-3-5-13(6-4-12)20-15(21)8-14(16(22)23)19-10-11-2-1-7-18-9-11/h1-7,9,14,19H,8,10H2,(H,20,21)(H,22,23)/p-1. The number of rotatable bonds is 7. The van der Waals surface area contributed by atoms with Crippen molar-refractivity contribution in [1.29, 1.82) is 0 Å². The van der Waals surface area contributed by atoms with Crippen LogP contribution >= 0.6 is 0 Å². The van der Waals surface area contributed by atoms with Gasteiger partial charge in [-0.2, -0.15) is 0 Å². The Morgan fingerprint density at radius 1 is 1.22 bits per heavy atom. The summed E-state index contributed by atoms with van der Waals surface area (Å²) in [6.45, 7) is 0.246. The van der Waals surface area contributed by atoms with Gasteiger partial charge in [-0.1, -0.05) is 6.07 Å². The smallest absolute Gasteiger partial charge is 0.226 e. The SMILES string of the molecule is O=C(CC(NCc1cccnc1)C(=O)[O-])Nc1ccc(F)cc1. The molecular formula is C16H15FN3O3-. The molecule has 0 spiro atoms. The highest BCUT2D eigenvalue weighted by Crippen LogP contribution is 2.09. The number of hydrogen-bond acceptors (Lipinski definition) is 5. The van der Waals surface area contributed by atoms with E-state index in [2.05, 4.69) is 15.6 Å². The van der Waals surface area contributed by atoms with Crippen LogP contribution in [0.4, 0.5) is 10.1 Å². The fourth-order valence-corrected chi connectivity index (χ4v) is 1.91. The third kappa shape index (κ3) is 5.48. The first-order valence-corrected chi connectivity index (χ1v) is 6.93. The molecular weight excluding hydrogens is 301 g/mol. The number of carboxylic acids is 1. The van der Waals surface area contributed by atoms with E-state index < -0.39 is 23.7 Å². The Bertz CT molecular complexity index is 662. The van der Waals surface area contributed by atoms with E-state index in [9.17, 15) is 19.1 Å². The highest BCUT2D eigenvalue weighted by molar-refractivity contribution is 5.93. The van der Waals surface area contributed by atoms with Gasteiger partial charge in [0.2, 0.25) is 5.91 Å². The van der Waals surface area contributed by atoms with Crippen LogP contribution in [0.15, 0.2) is 48.8 Å². The summed E-state index contributed by atoms with van der Waals surface area (Å²) in [5.41, 5.74) is 1.18. The minimum Gasteiger partial charge on any atom is -0.548 e. The van der Waals surface area contributed by atoms with Crippen molar-refractivity contribution in [3.63, 3.8) is 0 Å². The van der Waals surface area contributed by atoms with Crippen molar-refractivity contribution >= 4 is 17.6 Å². The van der Waals surface area contributed by atoms with Gasteiger partial charge in [-0.25, -0.2) is 4.39 Å². The number of aromatic nitrogens is 1. The van der Waals surface area contributed by atoms with E-state index in [0.29, 0.717) is 5.69 Å². The molecule has 0 fully saturated rings. The van der Waals surface area contributed by atoms with Gasteiger partial charge in [0.25, 0.3) is 0 Å². The van der Waals surface area contributed by atoms with E-state index in [1.807, 2.05) is 0 Å². The number of nitrogens with zero attached hydrogens (tertiary/aromatic N) is 1. The third-order valence-electron chi connectivity index (χ3n) is 3.08. The van der Waals surface area contributed by atoms with Gasteiger partial charge in [0, 0.05) is 31.0 Å². The number of amides is 1. The predicted molar refractivity (Wildman–Crippen MR) is 79.5 cm³/mol. The summed E-state index contributed by atoms with van der Waals surface area (Å²) in [4.78, 5) is 26.9. The largest absolute Gasteiger partial charge is 0.548 e. The van der Waals surface area contributed by atoms with E-state index in [1.165, 1.54) is 24.3 Å². The maximum atomic E-state index is 12.8.